The van der Waals surface area contributed by atoms with E-state index >= 15 is 0 Å². The van der Waals surface area contributed by atoms with Crippen molar-refractivity contribution >= 4 is 5.91 Å². The normalized spacial score (nSPS) is 22.6. The highest BCUT2D eigenvalue weighted by molar-refractivity contribution is 5.95. The van der Waals surface area contributed by atoms with Crippen LogP contribution in [-0.4, -0.2) is 60.1 Å². The van der Waals surface area contributed by atoms with E-state index in [-0.39, 0.29) is 13.1 Å². The molecule has 1 unspecified atom stereocenters. The summed E-state index contributed by atoms with van der Waals surface area (Å²) in [6.07, 6.45) is 0.396. The molecule has 0 aliphatic carbocycles. The topological polar surface area (TPSA) is 43.8 Å². The molecule has 1 aromatic rings. The summed E-state index contributed by atoms with van der Waals surface area (Å²) in [7, 11) is 3.64. The SMILES string of the molecule is CN(C)CC1(O)CCN(C(=O)c2c(F)cccc2F)C1. The van der Waals surface area contributed by atoms with Gasteiger partial charge >= 0.3 is 0 Å². The van der Waals surface area contributed by atoms with Gasteiger partial charge in [-0.05, 0) is 32.6 Å². The molecule has 1 N–H and O–H groups in total. The molecule has 110 valence electrons. The quantitative estimate of drug-likeness (QED) is 0.904. The molecule has 1 saturated heterocycles. The van der Waals surface area contributed by atoms with E-state index in [4.69, 9.17) is 0 Å². The van der Waals surface area contributed by atoms with Crippen molar-refractivity contribution in [2.45, 2.75) is 12.0 Å². The molecule has 0 aromatic heterocycles. The van der Waals surface area contributed by atoms with Crippen LogP contribution >= 0.6 is 0 Å². The minimum absolute atomic E-state index is 0.0811. The van der Waals surface area contributed by atoms with E-state index in [0.717, 1.165) is 12.1 Å². The molecule has 1 aliphatic heterocycles. The molecule has 0 saturated carbocycles. The monoisotopic (exact) mass is 284 g/mol. The third-order valence-electron chi connectivity index (χ3n) is 3.41. The highest BCUT2D eigenvalue weighted by Crippen LogP contribution is 2.25. The first-order valence-corrected chi connectivity index (χ1v) is 6.43. The van der Waals surface area contributed by atoms with Crippen LogP contribution in [0.2, 0.25) is 0 Å². The molecule has 1 aromatic carbocycles. The predicted octanol–water partition coefficient (Wildman–Crippen LogP) is 1.10. The second-order valence-corrected chi connectivity index (χ2v) is 5.54. The fraction of sp³-hybridized carbons (Fsp3) is 0.500. The summed E-state index contributed by atoms with van der Waals surface area (Å²) in [5.74, 6) is -2.47. The number of hydrogen-bond acceptors (Lipinski definition) is 3. The standard InChI is InChI=1S/C14H18F2N2O2/c1-17(2)8-14(20)6-7-18(9-14)13(19)12-10(15)4-3-5-11(12)16/h3-5,20H,6-9H2,1-2H3. The zero-order valence-electron chi connectivity index (χ0n) is 11.6. The van der Waals surface area contributed by atoms with Crippen molar-refractivity contribution in [2.24, 2.45) is 0 Å². The summed E-state index contributed by atoms with van der Waals surface area (Å²) in [5, 5.41) is 10.3. The number of likely N-dealkylation sites (tertiary alicyclic amines) is 1. The lowest BCUT2D eigenvalue weighted by Crippen LogP contribution is -2.43. The molecule has 0 radical (unpaired) electrons. The average Bonchev–Trinajstić information content (AvgIpc) is 2.70. The molecular formula is C14H18F2N2O2. The molecule has 6 heteroatoms. The first-order valence-electron chi connectivity index (χ1n) is 6.43. The molecule has 1 atom stereocenters. The van der Waals surface area contributed by atoms with Crippen LogP contribution in [0, 0.1) is 11.6 Å². The van der Waals surface area contributed by atoms with Crippen LogP contribution in [0.15, 0.2) is 18.2 Å². The summed E-state index contributed by atoms with van der Waals surface area (Å²) >= 11 is 0. The first-order chi connectivity index (χ1) is 9.32. The van der Waals surface area contributed by atoms with E-state index in [1.54, 1.807) is 0 Å². The molecule has 4 nitrogen and oxygen atoms in total. The van der Waals surface area contributed by atoms with Gasteiger partial charge in [0.1, 0.15) is 17.2 Å². The summed E-state index contributed by atoms with van der Waals surface area (Å²) in [6, 6.07) is 3.32. The maximum Gasteiger partial charge on any atom is 0.259 e. The zero-order valence-corrected chi connectivity index (χ0v) is 11.6. The Labute approximate surface area is 116 Å². The third kappa shape index (κ3) is 2.96. The lowest BCUT2D eigenvalue weighted by Gasteiger charge is -2.26. The van der Waals surface area contributed by atoms with E-state index in [1.807, 2.05) is 19.0 Å². The van der Waals surface area contributed by atoms with Gasteiger partial charge in [-0.25, -0.2) is 8.78 Å². The van der Waals surface area contributed by atoms with Gasteiger partial charge in [-0.3, -0.25) is 4.79 Å². The Balaban J connectivity index is 2.16. The highest BCUT2D eigenvalue weighted by Gasteiger charge is 2.39. The van der Waals surface area contributed by atoms with Crippen LogP contribution in [0.5, 0.6) is 0 Å². The van der Waals surface area contributed by atoms with Crippen LogP contribution in [0.25, 0.3) is 0 Å². The maximum absolute atomic E-state index is 13.6. The lowest BCUT2D eigenvalue weighted by atomic mass is 10.0. The van der Waals surface area contributed by atoms with Gasteiger partial charge in [0, 0.05) is 13.1 Å². The van der Waals surface area contributed by atoms with E-state index in [0.29, 0.717) is 13.0 Å². The number of nitrogens with zero attached hydrogens (tertiary/aromatic N) is 2. The van der Waals surface area contributed by atoms with Crippen molar-refractivity contribution in [3.05, 3.63) is 35.4 Å². The van der Waals surface area contributed by atoms with Crippen LogP contribution in [0.4, 0.5) is 8.78 Å². The second kappa shape index (κ2) is 5.46. The Morgan fingerprint density at radius 2 is 2.00 bits per heavy atom. The number of rotatable bonds is 3. The Morgan fingerprint density at radius 1 is 1.40 bits per heavy atom. The molecule has 0 spiro atoms. The molecule has 20 heavy (non-hydrogen) atoms. The minimum Gasteiger partial charge on any atom is -0.387 e. The Morgan fingerprint density at radius 3 is 2.55 bits per heavy atom. The maximum atomic E-state index is 13.6. The number of likely N-dealkylation sites (N-methyl/N-ethyl adjacent to an activating group) is 1. The van der Waals surface area contributed by atoms with Gasteiger partial charge in [0.2, 0.25) is 0 Å². The van der Waals surface area contributed by atoms with Gasteiger partial charge in [-0.2, -0.15) is 0 Å². The molecule has 2 rings (SSSR count). The molecule has 1 aliphatic rings. The van der Waals surface area contributed by atoms with E-state index in [1.165, 1.54) is 11.0 Å². The number of carbonyl (C=O) groups is 1. The summed E-state index contributed by atoms with van der Waals surface area (Å²) in [4.78, 5) is 15.3. The number of aliphatic hydroxyl groups is 1. The lowest BCUT2D eigenvalue weighted by molar-refractivity contribution is 0.0234. The molecule has 1 amide bonds. The Hall–Kier alpha value is -1.53. The number of benzene rings is 1. The number of carbonyl (C=O) groups excluding carboxylic acids is 1. The predicted molar refractivity (Wildman–Crippen MR) is 70.4 cm³/mol. The third-order valence-corrected chi connectivity index (χ3v) is 3.41. The fourth-order valence-corrected chi connectivity index (χ4v) is 2.61. The number of halogens is 2. The van der Waals surface area contributed by atoms with Crippen molar-refractivity contribution in [3.8, 4) is 0 Å². The summed E-state index contributed by atoms with van der Waals surface area (Å²) in [5.41, 5.74) is -1.58. The van der Waals surface area contributed by atoms with Crippen LogP contribution < -0.4 is 0 Å². The van der Waals surface area contributed by atoms with Crippen molar-refractivity contribution < 1.29 is 18.7 Å². The average molecular weight is 284 g/mol. The molecular weight excluding hydrogens is 266 g/mol. The van der Waals surface area contributed by atoms with E-state index in [9.17, 15) is 18.7 Å². The number of β-amino-alcohol motifs (C(OH)–C–C–N with tert-alkyl or cyclic N) is 1. The number of amides is 1. The fourth-order valence-electron chi connectivity index (χ4n) is 2.61. The number of hydrogen-bond donors (Lipinski definition) is 1. The highest BCUT2D eigenvalue weighted by atomic mass is 19.1. The van der Waals surface area contributed by atoms with Crippen LogP contribution in [-0.2, 0) is 0 Å². The smallest absolute Gasteiger partial charge is 0.259 e. The first kappa shape index (κ1) is 14.9. The van der Waals surface area contributed by atoms with Gasteiger partial charge in [0.25, 0.3) is 5.91 Å². The van der Waals surface area contributed by atoms with Crippen molar-refractivity contribution in [3.63, 3.8) is 0 Å². The van der Waals surface area contributed by atoms with Crippen LogP contribution in [0.1, 0.15) is 16.8 Å². The minimum atomic E-state index is -1.03. The summed E-state index contributed by atoms with van der Waals surface area (Å²) < 4.78 is 27.2. The van der Waals surface area contributed by atoms with E-state index < -0.39 is 28.7 Å². The van der Waals surface area contributed by atoms with Gasteiger partial charge in [0.05, 0.1) is 12.1 Å². The van der Waals surface area contributed by atoms with Crippen molar-refractivity contribution in [2.75, 3.05) is 33.7 Å². The van der Waals surface area contributed by atoms with Crippen molar-refractivity contribution in [1.82, 2.24) is 9.80 Å². The Kier molecular flexibility index (Phi) is 4.06. The molecule has 0 bridgehead atoms. The van der Waals surface area contributed by atoms with E-state index in [2.05, 4.69) is 0 Å². The largest absolute Gasteiger partial charge is 0.387 e. The van der Waals surface area contributed by atoms with Gasteiger partial charge in [0.15, 0.2) is 0 Å². The van der Waals surface area contributed by atoms with Gasteiger partial charge < -0.3 is 14.9 Å². The summed E-state index contributed by atoms with van der Waals surface area (Å²) in [6.45, 7) is 0.769. The zero-order chi connectivity index (χ0) is 14.9. The van der Waals surface area contributed by atoms with Gasteiger partial charge in [-0.15, -0.1) is 0 Å². The Bertz CT molecular complexity index is 502. The van der Waals surface area contributed by atoms with Crippen molar-refractivity contribution in [1.29, 1.82) is 0 Å². The molecule has 1 heterocycles. The molecule has 1 fully saturated rings. The second-order valence-electron chi connectivity index (χ2n) is 5.54. The van der Waals surface area contributed by atoms with Crippen LogP contribution in [0.3, 0.4) is 0 Å². The van der Waals surface area contributed by atoms with Gasteiger partial charge in [-0.1, -0.05) is 6.07 Å².